The summed E-state index contributed by atoms with van der Waals surface area (Å²) in [6.45, 7) is 57.9. The lowest BCUT2D eigenvalue weighted by atomic mass is 9.96. The fourth-order valence-electron chi connectivity index (χ4n) is 16.4. The van der Waals surface area contributed by atoms with Crippen molar-refractivity contribution in [2.24, 2.45) is 0 Å². The van der Waals surface area contributed by atoms with E-state index in [1.807, 2.05) is 140 Å². The third kappa shape index (κ3) is 41.7. The number of carbonyl (C=O) groups excluding carboxylic acids is 8. The van der Waals surface area contributed by atoms with E-state index in [1.54, 1.807) is 138 Å². The highest BCUT2D eigenvalue weighted by Crippen LogP contribution is 2.66. The number of carbonyl (C=O) groups is 8. The molecule has 8 unspecified atom stereocenters. The van der Waals surface area contributed by atoms with Gasteiger partial charge in [0.15, 0.2) is 5.16 Å². The molecule has 4 heterocycles. The molecule has 4 aromatic carbocycles. The average molecular weight is 2010 g/mol. The lowest BCUT2D eigenvalue weighted by Crippen LogP contribution is -2.51. The van der Waals surface area contributed by atoms with E-state index in [4.69, 9.17) is 56.0 Å². The zero-order valence-electron chi connectivity index (χ0n) is 88.6. The van der Waals surface area contributed by atoms with Crippen molar-refractivity contribution in [2.45, 2.75) is 351 Å². The summed E-state index contributed by atoms with van der Waals surface area (Å²) < 4.78 is 125. The maximum atomic E-state index is 14.8. The number of ether oxygens (including phenoxy) is 8. The maximum Gasteiger partial charge on any atom is 0.419 e. The third-order valence-corrected chi connectivity index (χ3v) is 34.9. The minimum atomic E-state index is -3.55. The van der Waals surface area contributed by atoms with Gasteiger partial charge in [-0.3, -0.25) is 57.0 Å². The summed E-state index contributed by atoms with van der Waals surface area (Å²) in [7, 11) is -13.2. The SMILES string of the molecule is CCOP1(=O)CCCN(Cc2ccccc2)CC1(CCCCN(C(=O)OC(C)(C)C)C(=O)OC(C)(C)C)C(=O)OC(C)(C)C.CCOP1(=O)CCCN(Cc2ccccc2)CC1C(=O)OC(C)(C)C.CCOP1(=O)CCN(Cc2ccccc2)CCC1(CCCCN(C(=O)OC(C)(C)C)C(=O)OC(C)(C)C)C(=O)OC(C)(C)C.CCOP1(=O)CCN(Cc2ccccc2)CCC1C(=O)OC(C)(C)C. The Hall–Kier alpha value is -7.16. The summed E-state index contributed by atoms with van der Waals surface area (Å²) >= 11 is 0. The highest BCUT2D eigenvalue weighted by atomic mass is 31.2. The van der Waals surface area contributed by atoms with Crippen LogP contribution in [0.15, 0.2) is 121 Å². The third-order valence-electron chi connectivity index (χ3n) is 22.2. The van der Waals surface area contributed by atoms with Gasteiger partial charge in [-0.1, -0.05) is 121 Å². The molecule has 0 aliphatic carbocycles. The van der Waals surface area contributed by atoms with E-state index in [0.717, 1.165) is 47.0 Å². The van der Waals surface area contributed by atoms with Crippen LogP contribution in [-0.4, -0.2) is 261 Å². The van der Waals surface area contributed by atoms with Crippen molar-refractivity contribution >= 4 is 77.7 Å². The molecule has 780 valence electrons. The molecule has 0 spiro atoms. The largest absolute Gasteiger partial charge is 0.459 e. The van der Waals surface area contributed by atoms with E-state index in [9.17, 15) is 56.6 Å². The highest BCUT2D eigenvalue weighted by Gasteiger charge is 2.60. The molecule has 4 fully saturated rings. The number of imide groups is 2. The van der Waals surface area contributed by atoms with Gasteiger partial charge in [-0.15, -0.1) is 0 Å². The number of hydrogen-bond donors (Lipinski definition) is 0. The summed E-state index contributed by atoms with van der Waals surface area (Å²) in [6.07, 6.45) is 2.06. The van der Waals surface area contributed by atoms with Gasteiger partial charge < -0.3 is 56.0 Å². The van der Waals surface area contributed by atoms with Crippen LogP contribution < -0.4 is 0 Å². The molecule has 4 aliphatic heterocycles. The predicted molar refractivity (Wildman–Crippen MR) is 544 cm³/mol. The monoisotopic (exact) mass is 2010 g/mol. The van der Waals surface area contributed by atoms with Crippen molar-refractivity contribution in [3.63, 3.8) is 0 Å². The van der Waals surface area contributed by atoms with Crippen LogP contribution in [-0.2, 0) is 120 Å². The first-order valence-corrected chi connectivity index (χ1v) is 56.6. The highest BCUT2D eigenvalue weighted by molar-refractivity contribution is 7.62. The number of unbranched alkanes of at least 4 members (excludes halogenated alkanes) is 2. The number of benzene rings is 4. The zero-order chi connectivity index (χ0) is 104. The Balaban J connectivity index is 0.000000336. The Morgan fingerprint density at radius 1 is 0.326 bits per heavy atom. The molecule has 4 aromatic rings. The van der Waals surface area contributed by atoms with Gasteiger partial charge in [0.2, 0.25) is 29.5 Å². The molecule has 0 radical (unpaired) electrons. The van der Waals surface area contributed by atoms with Crippen LogP contribution in [0.4, 0.5) is 19.2 Å². The Bertz CT molecular complexity index is 4590. The molecule has 4 amide bonds. The van der Waals surface area contributed by atoms with Gasteiger partial charge in [0.1, 0.15) is 61.3 Å². The summed E-state index contributed by atoms with van der Waals surface area (Å²) in [4.78, 5) is 116. The summed E-state index contributed by atoms with van der Waals surface area (Å²) in [5.74, 6) is -1.88. The van der Waals surface area contributed by atoms with E-state index in [2.05, 4.69) is 56.0 Å². The quantitative estimate of drug-likeness (QED) is 0.0202. The van der Waals surface area contributed by atoms with Crippen LogP contribution in [0.2, 0.25) is 0 Å². The second-order valence-corrected chi connectivity index (χ2v) is 55.2. The van der Waals surface area contributed by atoms with Crippen LogP contribution >= 0.6 is 29.5 Å². The molecule has 138 heavy (non-hydrogen) atoms. The summed E-state index contributed by atoms with van der Waals surface area (Å²) in [6, 6.07) is 40.3. The molecule has 0 aromatic heterocycles. The van der Waals surface area contributed by atoms with Gasteiger partial charge >= 0.3 is 48.3 Å². The molecule has 0 saturated carbocycles. The Morgan fingerprint density at radius 2 is 0.630 bits per heavy atom. The molecule has 4 aliphatic rings. The topological polar surface area (TPSA) is 335 Å². The number of nitrogens with zero attached hydrogens (tertiary/aromatic N) is 6. The molecule has 34 heteroatoms. The second kappa shape index (κ2) is 53.4. The van der Waals surface area contributed by atoms with Crippen LogP contribution in [0.1, 0.15) is 280 Å². The smallest absolute Gasteiger partial charge is 0.419 e. The van der Waals surface area contributed by atoms with Crippen LogP contribution in [0.3, 0.4) is 0 Å². The minimum absolute atomic E-state index is 0.000884. The molecular formula is C104H170N6O24P4. The van der Waals surface area contributed by atoms with E-state index < -0.39 is 144 Å². The first-order chi connectivity index (χ1) is 63.9. The second-order valence-electron chi connectivity index (χ2n) is 43.9. The number of rotatable bonds is 30. The molecule has 30 nitrogen and oxygen atoms in total. The Labute approximate surface area is 826 Å². The van der Waals surface area contributed by atoms with Crippen molar-refractivity contribution in [3.05, 3.63) is 144 Å². The van der Waals surface area contributed by atoms with Crippen LogP contribution in [0.25, 0.3) is 0 Å². The summed E-state index contributed by atoms with van der Waals surface area (Å²) in [5, 5.41) is -2.80. The van der Waals surface area contributed by atoms with Crippen molar-refractivity contribution in [2.75, 3.05) is 117 Å². The maximum absolute atomic E-state index is 14.8. The van der Waals surface area contributed by atoms with E-state index in [1.165, 1.54) is 11.1 Å². The van der Waals surface area contributed by atoms with E-state index >= 15 is 0 Å². The van der Waals surface area contributed by atoms with Crippen LogP contribution in [0, 0.1) is 0 Å². The lowest BCUT2D eigenvalue weighted by Gasteiger charge is -2.40. The van der Waals surface area contributed by atoms with Crippen molar-refractivity contribution in [1.82, 2.24) is 29.4 Å². The number of hydrogen-bond acceptors (Lipinski definition) is 28. The van der Waals surface area contributed by atoms with Crippen molar-refractivity contribution in [1.29, 1.82) is 0 Å². The van der Waals surface area contributed by atoms with E-state index in [0.29, 0.717) is 123 Å². The van der Waals surface area contributed by atoms with Crippen molar-refractivity contribution < 1.29 is 113 Å². The van der Waals surface area contributed by atoms with Gasteiger partial charge in [-0.25, -0.2) is 29.0 Å². The number of amides is 4. The molecule has 0 bridgehead atoms. The normalized spacial score (nSPS) is 23.0. The first kappa shape index (κ1) is 121. The van der Waals surface area contributed by atoms with Crippen molar-refractivity contribution in [3.8, 4) is 0 Å². The minimum Gasteiger partial charge on any atom is -0.459 e. The van der Waals surface area contributed by atoms with Gasteiger partial charge in [-0.05, 0) is 300 Å². The number of esters is 4. The van der Waals surface area contributed by atoms with Gasteiger partial charge in [0.25, 0.3) is 0 Å². The standard InChI is InChI=1S/2C33H55N2O8P.2C19H30NO4P/c1-11-40-44(39)23-17-21-34(24-26-18-13-12-14-19-26)25-33(44,27(36)41-30(2,3)4)20-15-16-22-35(28(37)42-31(5,6)7)29(38)43-32(8,9)10;1-11-40-44(39)24-23-34(25-26-17-13-12-14-18-26)22-20-33(44,27(36)41-30(2,3)4)19-15-16-21-35(28(37)42-31(5,6)7)29(38)43-32(8,9)10;1-5-23-25(22)13-9-12-20(14-16-10-7-6-8-11-16)15-17(25)18(21)24-19(2,3)4;1-5-23-25(22)14-13-20(15-16-9-7-6-8-10-16)12-11-17(25)18(21)24-19(2,3)4/h12-14,18-19H,11,15-17,20-25H2,1-10H3;12-14,17-18H,11,15-16,19-25H2,1-10H3;6-8,10-11,17H,5,9,12-15H2,1-4H3;6-10,17H,5,11-15H2,1-4H3. The lowest BCUT2D eigenvalue weighted by molar-refractivity contribution is -0.160. The molecule has 8 rings (SSSR count). The van der Waals surface area contributed by atoms with E-state index in [-0.39, 0.29) is 58.0 Å². The average Bonchev–Trinajstić information content (AvgIpc) is 1.45. The van der Waals surface area contributed by atoms with Gasteiger partial charge in [0, 0.05) is 96.6 Å². The van der Waals surface area contributed by atoms with Gasteiger partial charge in [0.05, 0.1) is 26.4 Å². The Kier molecular flexibility index (Phi) is 47.0. The predicted octanol–water partition coefficient (Wildman–Crippen LogP) is 23.1. The molecular weight excluding hydrogens is 1840 g/mol. The summed E-state index contributed by atoms with van der Waals surface area (Å²) in [5.41, 5.74) is -2.83. The van der Waals surface area contributed by atoms with Gasteiger partial charge in [-0.2, -0.15) is 0 Å². The molecule has 8 atom stereocenters. The fraction of sp³-hybridized carbons (Fsp3) is 0.692. The zero-order valence-corrected chi connectivity index (χ0v) is 92.2. The first-order valence-electron chi connectivity index (χ1n) is 49.3. The molecule has 4 saturated heterocycles. The Morgan fingerprint density at radius 3 is 1.00 bits per heavy atom. The molecule has 0 N–H and O–H groups in total. The van der Waals surface area contributed by atoms with Crippen LogP contribution in [0.5, 0.6) is 0 Å². The fourth-order valence-corrected chi connectivity index (χ4v) is 27.5.